The third-order valence-corrected chi connectivity index (χ3v) is 4.33. The molecule has 134 valence electrons. The van der Waals surface area contributed by atoms with Crippen LogP contribution in [0.4, 0.5) is 0 Å². The van der Waals surface area contributed by atoms with Crippen LogP contribution in [0.3, 0.4) is 0 Å². The van der Waals surface area contributed by atoms with Gasteiger partial charge < -0.3 is 19.4 Å². The Morgan fingerprint density at radius 1 is 1.29 bits per heavy atom. The number of amides is 2. The van der Waals surface area contributed by atoms with Gasteiger partial charge in [-0.3, -0.25) is 9.59 Å². The van der Waals surface area contributed by atoms with Crippen LogP contribution >= 0.6 is 0 Å². The van der Waals surface area contributed by atoms with E-state index in [0.29, 0.717) is 44.6 Å². The molecule has 1 saturated heterocycles. The van der Waals surface area contributed by atoms with Gasteiger partial charge in [0.25, 0.3) is 5.91 Å². The van der Waals surface area contributed by atoms with Crippen molar-refractivity contribution in [2.24, 2.45) is 5.92 Å². The van der Waals surface area contributed by atoms with E-state index in [-0.39, 0.29) is 17.7 Å². The van der Waals surface area contributed by atoms with Gasteiger partial charge >= 0.3 is 0 Å². The van der Waals surface area contributed by atoms with E-state index >= 15 is 0 Å². The van der Waals surface area contributed by atoms with E-state index < -0.39 is 0 Å². The van der Waals surface area contributed by atoms with Gasteiger partial charge in [-0.05, 0) is 31.7 Å². The zero-order valence-electron chi connectivity index (χ0n) is 14.5. The van der Waals surface area contributed by atoms with Gasteiger partial charge in [0.15, 0.2) is 0 Å². The number of ether oxygens (including phenoxy) is 1. The molecule has 2 heterocycles. The lowest BCUT2D eigenvalue weighted by Gasteiger charge is -2.31. The molecule has 24 heavy (non-hydrogen) atoms. The second-order valence-corrected chi connectivity index (χ2v) is 6.19. The van der Waals surface area contributed by atoms with Crippen molar-refractivity contribution in [3.8, 4) is 0 Å². The Balaban J connectivity index is 1.60. The van der Waals surface area contributed by atoms with Crippen LogP contribution in [0.2, 0.25) is 0 Å². The molecule has 0 bridgehead atoms. The molecule has 0 aliphatic carbocycles. The number of carbonyl (C=O) groups is 2. The molecule has 1 aliphatic rings. The Hall–Kier alpha value is -1.82. The number of hydrogen-bond donors (Lipinski definition) is 1. The quantitative estimate of drug-likeness (QED) is 0.703. The molecular formula is C18H28N2O4. The van der Waals surface area contributed by atoms with Gasteiger partial charge in [-0.2, -0.15) is 0 Å². The van der Waals surface area contributed by atoms with Crippen LogP contribution in [0, 0.1) is 5.92 Å². The van der Waals surface area contributed by atoms with Crippen LogP contribution in [0.5, 0.6) is 0 Å². The highest BCUT2D eigenvalue weighted by molar-refractivity contribution is 5.94. The van der Waals surface area contributed by atoms with E-state index in [4.69, 9.17) is 9.15 Å². The van der Waals surface area contributed by atoms with Gasteiger partial charge in [-0.15, -0.1) is 0 Å². The Kier molecular flexibility index (Phi) is 7.82. The fourth-order valence-electron chi connectivity index (χ4n) is 2.79. The highest BCUT2D eigenvalue weighted by Crippen LogP contribution is 2.19. The minimum atomic E-state index is -0.0214. The lowest BCUT2D eigenvalue weighted by molar-refractivity contribution is -0.126. The Bertz CT molecular complexity index is 493. The van der Waals surface area contributed by atoms with E-state index in [0.717, 1.165) is 25.9 Å². The topological polar surface area (TPSA) is 71.8 Å². The lowest BCUT2D eigenvalue weighted by Crippen LogP contribution is -2.43. The molecule has 0 atom stereocenters. The summed E-state index contributed by atoms with van der Waals surface area (Å²) in [5.74, 6) is 0.0743. The highest BCUT2D eigenvalue weighted by Gasteiger charge is 2.27. The summed E-state index contributed by atoms with van der Waals surface area (Å²) in [5, 5.41) is 2.98. The van der Waals surface area contributed by atoms with Crippen LogP contribution in [0.25, 0.3) is 0 Å². The summed E-state index contributed by atoms with van der Waals surface area (Å²) < 4.78 is 10.4. The Morgan fingerprint density at radius 2 is 2.04 bits per heavy atom. The van der Waals surface area contributed by atoms with E-state index in [1.54, 1.807) is 11.0 Å². The molecule has 6 heteroatoms. The van der Waals surface area contributed by atoms with Gasteiger partial charge in [0.1, 0.15) is 6.26 Å². The molecular weight excluding hydrogens is 308 g/mol. The summed E-state index contributed by atoms with van der Waals surface area (Å²) in [6.07, 6.45) is 7.45. The van der Waals surface area contributed by atoms with E-state index in [9.17, 15) is 9.59 Å². The minimum absolute atomic E-state index is 0.000547. The molecule has 2 rings (SSSR count). The molecule has 1 fully saturated rings. The van der Waals surface area contributed by atoms with Gasteiger partial charge in [0, 0.05) is 38.8 Å². The number of piperidine rings is 1. The standard InChI is InChI=1S/C18H28N2O4/c1-2-3-11-23-12-4-8-19-17(21)15-5-9-20(10-6-15)18(22)16-7-13-24-14-16/h7,13-15H,2-6,8-12H2,1H3,(H,19,21). The first-order valence-corrected chi connectivity index (χ1v) is 8.89. The second-order valence-electron chi connectivity index (χ2n) is 6.19. The van der Waals surface area contributed by atoms with Crippen molar-refractivity contribution < 1.29 is 18.7 Å². The zero-order chi connectivity index (χ0) is 17.2. The Morgan fingerprint density at radius 3 is 2.71 bits per heavy atom. The molecule has 6 nitrogen and oxygen atoms in total. The molecule has 1 aliphatic heterocycles. The number of unbranched alkanes of at least 4 members (excludes halogenated alkanes) is 1. The molecule has 0 spiro atoms. The summed E-state index contributed by atoms with van der Waals surface area (Å²) in [5.41, 5.74) is 0.570. The summed E-state index contributed by atoms with van der Waals surface area (Å²) in [7, 11) is 0. The Labute approximate surface area is 143 Å². The molecule has 0 saturated carbocycles. The average molecular weight is 336 g/mol. The van der Waals surface area contributed by atoms with Gasteiger partial charge in [0.05, 0.1) is 11.8 Å². The summed E-state index contributed by atoms with van der Waals surface area (Å²) in [6.45, 7) is 5.51. The maximum absolute atomic E-state index is 12.2. The van der Waals surface area contributed by atoms with E-state index in [2.05, 4.69) is 12.2 Å². The number of carbonyl (C=O) groups excluding carboxylic acids is 2. The monoisotopic (exact) mass is 336 g/mol. The molecule has 0 radical (unpaired) electrons. The average Bonchev–Trinajstić information content (AvgIpc) is 3.15. The second kappa shape index (κ2) is 10.1. The molecule has 0 unspecified atom stereocenters. The zero-order valence-corrected chi connectivity index (χ0v) is 14.5. The van der Waals surface area contributed by atoms with Crippen molar-refractivity contribution in [2.75, 3.05) is 32.8 Å². The van der Waals surface area contributed by atoms with Crippen molar-refractivity contribution in [1.82, 2.24) is 10.2 Å². The van der Waals surface area contributed by atoms with E-state index in [1.165, 1.54) is 12.5 Å². The summed E-state index contributed by atoms with van der Waals surface area (Å²) >= 11 is 0. The summed E-state index contributed by atoms with van der Waals surface area (Å²) in [6, 6.07) is 1.67. The predicted molar refractivity (Wildman–Crippen MR) is 90.7 cm³/mol. The van der Waals surface area contributed by atoms with Crippen molar-refractivity contribution in [3.63, 3.8) is 0 Å². The number of rotatable bonds is 9. The highest BCUT2D eigenvalue weighted by atomic mass is 16.5. The number of furan rings is 1. The maximum atomic E-state index is 12.2. The molecule has 1 aromatic rings. The predicted octanol–water partition coefficient (Wildman–Crippen LogP) is 2.45. The molecule has 0 aromatic carbocycles. The van der Waals surface area contributed by atoms with Crippen molar-refractivity contribution in [1.29, 1.82) is 0 Å². The molecule has 1 N–H and O–H groups in total. The van der Waals surface area contributed by atoms with Crippen LogP contribution < -0.4 is 5.32 Å². The normalized spacial score (nSPS) is 15.5. The number of nitrogens with one attached hydrogen (secondary N) is 1. The fraction of sp³-hybridized carbons (Fsp3) is 0.667. The SMILES string of the molecule is CCCCOCCCNC(=O)C1CCN(C(=O)c2ccoc2)CC1. The maximum Gasteiger partial charge on any atom is 0.257 e. The number of nitrogens with zero attached hydrogens (tertiary/aromatic N) is 1. The fourth-order valence-corrected chi connectivity index (χ4v) is 2.79. The van der Waals surface area contributed by atoms with Crippen LogP contribution in [0.1, 0.15) is 49.4 Å². The minimum Gasteiger partial charge on any atom is -0.472 e. The first-order valence-electron chi connectivity index (χ1n) is 8.89. The number of likely N-dealkylation sites (tertiary alicyclic amines) is 1. The van der Waals surface area contributed by atoms with Gasteiger partial charge in [-0.25, -0.2) is 0 Å². The lowest BCUT2D eigenvalue weighted by atomic mass is 9.95. The first kappa shape index (κ1) is 18.5. The molecule has 2 amide bonds. The third-order valence-electron chi connectivity index (χ3n) is 4.33. The van der Waals surface area contributed by atoms with Gasteiger partial charge in [-0.1, -0.05) is 13.3 Å². The van der Waals surface area contributed by atoms with Gasteiger partial charge in [0.2, 0.25) is 5.91 Å². The van der Waals surface area contributed by atoms with Crippen LogP contribution in [-0.2, 0) is 9.53 Å². The van der Waals surface area contributed by atoms with E-state index in [1.807, 2.05) is 0 Å². The van der Waals surface area contributed by atoms with Crippen molar-refractivity contribution >= 4 is 11.8 Å². The largest absolute Gasteiger partial charge is 0.472 e. The first-order chi connectivity index (χ1) is 11.7. The number of hydrogen-bond acceptors (Lipinski definition) is 4. The van der Waals surface area contributed by atoms with Crippen LogP contribution in [-0.4, -0.2) is 49.6 Å². The molecule has 1 aromatic heterocycles. The van der Waals surface area contributed by atoms with Crippen LogP contribution in [0.15, 0.2) is 23.0 Å². The van der Waals surface area contributed by atoms with Crippen molar-refractivity contribution in [2.45, 2.75) is 39.0 Å². The third kappa shape index (κ3) is 5.67. The smallest absolute Gasteiger partial charge is 0.257 e. The summed E-state index contributed by atoms with van der Waals surface area (Å²) in [4.78, 5) is 26.2. The van der Waals surface area contributed by atoms with Crippen molar-refractivity contribution in [3.05, 3.63) is 24.2 Å².